The van der Waals surface area contributed by atoms with Crippen LogP contribution in [0.1, 0.15) is 36.4 Å². The van der Waals surface area contributed by atoms with Crippen LogP contribution in [-0.4, -0.2) is 38.5 Å². The molecule has 0 spiro atoms. The second-order valence-electron chi connectivity index (χ2n) is 7.05. The van der Waals surface area contributed by atoms with E-state index in [9.17, 15) is 21.6 Å². The van der Waals surface area contributed by atoms with Crippen molar-refractivity contribution in [1.82, 2.24) is 24.3 Å². The van der Waals surface area contributed by atoms with E-state index in [4.69, 9.17) is 0 Å². The summed E-state index contributed by atoms with van der Waals surface area (Å²) in [6.45, 7) is 1.52. The second-order valence-corrected chi connectivity index (χ2v) is 10.3. The molecule has 4 heterocycles. The van der Waals surface area contributed by atoms with Crippen LogP contribution in [0.4, 0.5) is 13.2 Å². The third-order valence-electron chi connectivity index (χ3n) is 4.89. The van der Waals surface area contributed by atoms with Crippen LogP contribution in [0.2, 0.25) is 0 Å². The number of sulfone groups is 1. The maximum atomic E-state index is 13.0. The van der Waals surface area contributed by atoms with Gasteiger partial charge in [0.1, 0.15) is 39.4 Å². The summed E-state index contributed by atoms with van der Waals surface area (Å²) in [5.74, 6) is 0.237. The molecule has 30 heavy (non-hydrogen) atoms. The number of fused-ring (bicyclic) bond motifs is 2. The molecule has 0 bridgehead atoms. The summed E-state index contributed by atoms with van der Waals surface area (Å²) in [6.07, 6.45) is -0.0850. The van der Waals surface area contributed by atoms with E-state index in [-0.39, 0.29) is 27.7 Å². The smallest absolute Gasteiger partial charge is 0.290 e. The molecular formula is C18H14F3N5O2S2. The Hall–Kier alpha value is -2.60. The van der Waals surface area contributed by atoms with E-state index in [1.165, 1.54) is 34.9 Å². The van der Waals surface area contributed by atoms with E-state index in [0.717, 1.165) is 30.2 Å². The summed E-state index contributed by atoms with van der Waals surface area (Å²) < 4.78 is 65.7. The number of hydrogen-bond acceptors (Lipinski definition) is 7. The first-order valence-corrected chi connectivity index (χ1v) is 11.6. The van der Waals surface area contributed by atoms with Crippen molar-refractivity contribution in [3.63, 3.8) is 0 Å². The third-order valence-corrected chi connectivity index (χ3v) is 7.76. The van der Waals surface area contributed by atoms with E-state index in [1.54, 1.807) is 0 Å². The van der Waals surface area contributed by atoms with E-state index in [2.05, 4.69) is 19.9 Å². The lowest BCUT2D eigenvalue weighted by atomic mass is 10.3. The van der Waals surface area contributed by atoms with E-state index in [1.807, 2.05) is 0 Å². The zero-order valence-corrected chi connectivity index (χ0v) is 17.1. The van der Waals surface area contributed by atoms with Crippen molar-refractivity contribution in [3.05, 3.63) is 35.4 Å². The molecule has 0 aromatic carbocycles. The fourth-order valence-corrected chi connectivity index (χ4v) is 5.24. The number of aromatic nitrogens is 5. The van der Waals surface area contributed by atoms with Gasteiger partial charge in [-0.25, -0.2) is 28.4 Å². The maximum Gasteiger partial charge on any atom is 0.433 e. The third kappa shape index (κ3) is 3.23. The van der Waals surface area contributed by atoms with Gasteiger partial charge < -0.3 is 0 Å². The average Bonchev–Trinajstić information content (AvgIpc) is 3.32. The van der Waals surface area contributed by atoms with Gasteiger partial charge in [-0.15, -0.1) is 0 Å². The summed E-state index contributed by atoms with van der Waals surface area (Å²) in [5.41, 5.74) is -0.313. The van der Waals surface area contributed by atoms with Crippen molar-refractivity contribution in [2.75, 3.05) is 5.75 Å². The standard InChI is InChI=1S/C18H14F3N5O2S2/c1-2-30(27,28)12-5-10-17(29-16(24-10)9-3-4-9)25-15(12)11-7-26-8-22-13(18(19,20)21)6-14(26)23-11/h5-9H,2-4H2,1H3. The molecule has 0 saturated heterocycles. The van der Waals surface area contributed by atoms with Gasteiger partial charge in [0.05, 0.1) is 15.7 Å². The van der Waals surface area contributed by atoms with Crippen molar-refractivity contribution in [1.29, 1.82) is 0 Å². The van der Waals surface area contributed by atoms with Crippen molar-refractivity contribution in [2.24, 2.45) is 0 Å². The number of pyridine rings is 1. The monoisotopic (exact) mass is 453 g/mol. The van der Waals surface area contributed by atoms with Crippen LogP contribution in [0.25, 0.3) is 27.4 Å². The van der Waals surface area contributed by atoms with Crippen LogP contribution in [-0.2, 0) is 16.0 Å². The molecule has 0 atom stereocenters. The Kier molecular flexibility index (Phi) is 4.16. The second kappa shape index (κ2) is 6.45. The first-order chi connectivity index (χ1) is 14.2. The van der Waals surface area contributed by atoms with Crippen molar-refractivity contribution >= 4 is 37.2 Å². The molecule has 1 aliphatic carbocycles. The molecule has 0 N–H and O–H groups in total. The topological polar surface area (TPSA) is 90.1 Å². The molecule has 4 aromatic rings. The van der Waals surface area contributed by atoms with Crippen molar-refractivity contribution in [2.45, 2.75) is 36.8 Å². The van der Waals surface area contributed by atoms with Gasteiger partial charge in [-0.2, -0.15) is 13.2 Å². The van der Waals surface area contributed by atoms with Gasteiger partial charge in [-0.05, 0) is 18.9 Å². The van der Waals surface area contributed by atoms with Crippen molar-refractivity contribution < 1.29 is 21.6 Å². The number of imidazole rings is 1. The van der Waals surface area contributed by atoms with Gasteiger partial charge in [-0.3, -0.25) is 4.40 Å². The lowest BCUT2D eigenvalue weighted by molar-refractivity contribution is -0.141. The van der Waals surface area contributed by atoms with Gasteiger partial charge in [0, 0.05) is 18.2 Å². The minimum Gasteiger partial charge on any atom is -0.290 e. The highest BCUT2D eigenvalue weighted by atomic mass is 32.2. The Morgan fingerprint density at radius 3 is 2.63 bits per heavy atom. The highest BCUT2D eigenvalue weighted by Gasteiger charge is 2.33. The fourth-order valence-electron chi connectivity index (χ4n) is 3.11. The van der Waals surface area contributed by atoms with Crippen LogP contribution in [0.5, 0.6) is 0 Å². The van der Waals surface area contributed by atoms with Crippen molar-refractivity contribution in [3.8, 4) is 11.4 Å². The van der Waals surface area contributed by atoms with Crippen LogP contribution in [0, 0.1) is 0 Å². The number of nitrogens with zero attached hydrogens (tertiary/aromatic N) is 5. The lowest BCUT2D eigenvalue weighted by Crippen LogP contribution is -2.08. The van der Waals surface area contributed by atoms with Gasteiger partial charge >= 0.3 is 6.18 Å². The molecule has 1 saturated carbocycles. The van der Waals surface area contributed by atoms with Crippen LogP contribution >= 0.6 is 11.3 Å². The Morgan fingerprint density at radius 1 is 1.20 bits per heavy atom. The van der Waals surface area contributed by atoms with Gasteiger partial charge in [0.25, 0.3) is 0 Å². The predicted octanol–water partition coefficient (Wildman–Crippen LogP) is 4.09. The molecule has 1 fully saturated rings. The summed E-state index contributed by atoms with van der Waals surface area (Å²) in [6, 6.07) is 2.30. The quantitative estimate of drug-likeness (QED) is 0.462. The summed E-state index contributed by atoms with van der Waals surface area (Å²) in [5, 5.41) is 0.920. The zero-order valence-electron chi connectivity index (χ0n) is 15.5. The molecule has 12 heteroatoms. The molecule has 0 aliphatic heterocycles. The Bertz CT molecular complexity index is 1400. The van der Waals surface area contributed by atoms with Gasteiger partial charge in [0.2, 0.25) is 0 Å². The first-order valence-electron chi connectivity index (χ1n) is 9.12. The van der Waals surface area contributed by atoms with Gasteiger partial charge in [-0.1, -0.05) is 18.3 Å². The lowest BCUT2D eigenvalue weighted by Gasteiger charge is -2.06. The Labute approximate surface area is 172 Å². The van der Waals surface area contributed by atoms with Crippen LogP contribution < -0.4 is 0 Å². The largest absolute Gasteiger partial charge is 0.433 e. The maximum absolute atomic E-state index is 13.0. The number of alkyl halides is 3. The molecule has 0 radical (unpaired) electrons. The Morgan fingerprint density at radius 2 is 1.97 bits per heavy atom. The zero-order chi connectivity index (χ0) is 21.3. The summed E-state index contributed by atoms with van der Waals surface area (Å²) in [7, 11) is -3.68. The van der Waals surface area contributed by atoms with Gasteiger partial charge in [0.15, 0.2) is 9.84 Å². The highest BCUT2D eigenvalue weighted by Crippen LogP contribution is 2.43. The molecular weight excluding hydrogens is 439 g/mol. The minimum absolute atomic E-state index is 0.00274. The van der Waals surface area contributed by atoms with Crippen LogP contribution in [0.3, 0.4) is 0 Å². The molecule has 1 aliphatic rings. The number of rotatable bonds is 4. The summed E-state index contributed by atoms with van der Waals surface area (Å²) in [4.78, 5) is 17.2. The molecule has 0 amide bonds. The average molecular weight is 453 g/mol. The molecule has 0 unspecified atom stereocenters. The van der Waals surface area contributed by atoms with E-state index >= 15 is 0 Å². The molecule has 7 nitrogen and oxygen atoms in total. The Balaban J connectivity index is 1.72. The first kappa shape index (κ1) is 19.4. The normalized spacial score (nSPS) is 15.3. The fraction of sp³-hybridized carbons (Fsp3) is 0.333. The minimum atomic E-state index is -4.61. The molecule has 5 rings (SSSR count). The predicted molar refractivity (Wildman–Crippen MR) is 104 cm³/mol. The molecule has 156 valence electrons. The summed E-state index contributed by atoms with van der Waals surface area (Å²) >= 11 is 1.40. The number of thiazole rings is 1. The van der Waals surface area contributed by atoms with Crippen LogP contribution in [0.15, 0.2) is 29.6 Å². The SMILES string of the molecule is CCS(=O)(=O)c1cc2nc(C3CC3)sc2nc1-c1cn2cnc(C(F)(F)F)cc2n1. The van der Waals surface area contributed by atoms with E-state index in [0.29, 0.717) is 16.3 Å². The number of halogens is 3. The van der Waals surface area contributed by atoms with E-state index < -0.39 is 21.7 Å². The highest BCUT2D eigenvalue weighted by molar-refractivity contribution is 7.91. The molecule has 4 aromatic heterocycles. The number of hydrogen-bond donors (Lipinski definition) is 0.